The third kappa shape index (κ3) is 3.40. The molecular weight excluding hydrogens is 380 g/mol. The Kier molecular flexibility index (Phi) is 4.29. The second-order valence-corrected chi connectivity index (χ2v) is 3.93. The van der Waals surface area contributed by atoms with E-state index in [9.17, 15) is 26.7 Å². The lowest BCUT2D eigenvalue weighted by Crippen LogP contribution is -2.19. The first-order chi connectivity index (χ1) is 8.13. The van der Waals surface area contributed by atoms with Crippen LogP contribution in [0.5, 0.6) is 5.75 Å². The van der Waals surface area contributed by atoms with Gasteiger partial charge in [-0.3, -0.25) is 0 Å². The number of hydrogen-bond donors (Lipinski definition) is 1. The highest BCUT2D eigenvalue weighted by atomic mass is 127. The maximum Gasteiger partial charge on any atom is 0.573 e. The van der Waals surface area contributed by atoms with Crippen LogP contribution in [0.1, 0.15) is 22.5 Å². The van der Waals surface area contributed by atoms with Gasteiger partial charge in [0.05, 0.1) is 15.3 Å². The highest BCUT2D eigenvalue weighted by molar-refractivity contribution is 14.1. The molecule has 0 spiro atoms. The summed E-state index contributed by atoms with van der Waals surface area (Å²) in [6.07, 6.45) is -8.19. The van der Waals surface area contributed by atoms with E-state index in [0.717, 1.165) is 0 Å². The van der Waals surface area contributed by atoms with Gasteiger partial charge in [-0.1, -0.05) is 0 Å². The van der Waals surface area contributed by atoms with Gasteiger partial charge in [-0.15, -0.1) is 13.2 Å². The van der Waals surface area contributed by atoms with Gasteiger partial charge in [-0.2, -0.15) is 0 Å². The van der Waals surface area contributed by atoms with Crippen molar-refractivity contribution in [2.24, 2.45) is 0 Å². The van der Waals surface area contributed by atoms with Crippen LogP contribution in [0.25, 0.3) is 0 Å². The number of halogens is 6. The number of carbonyl (C=O) groups is 1. The molecule has 1 aromatic heterocycles. The van der Waals surface area contributed by atoms with Gasteiger partial charge in [0.1, 0.15) is 0 Å². The maximum absolute atomic E-state index is 12.6. The highest BCUT2D eigenvalue weighted by Gasteiger charge is 2.35. The van der Waals surface area contributed by atoms with E-state index in [1.165, 1.54) is 22.6 Å². The van der Waals surface area contributed by atoms with Crippen LogP contribution in [0.4, 0.5) is 22.0 Å². The van der Waals surface area contributed by atoms with E-state index < -0.39 is 39.3 Å². The van der Waals surface area contributed by atoms with Gasteiger partial charge < -0.3 is 9.84 Å². The van der Waals surface area contributed by atoms with Crippen molar-refractivity contribution in [2.45, 2.75) is 12.8 Å². The number of carboxylic acids is 1. The van der Waals surface area contributed by atoms with E-state index in [0.29, 0.717) is 6.20 Å². The summed E-state index contributed by atoms with van der Waals surface area (Å²) in [5, 5.41) is 8.62. The molecule has 18 heavy (non-hydrogen) atoms. The molecule has 0 saturated carbocycles. The summed E-state index contributed by atoms with van der Waals surface area (Å²) in [6.45, 7) is 0. The molecule has 1 N–H and O–H groups in total. The maximum atomic E-state index is 12.6. The number of pyridine rings is 1. The molecule has 0 aliphatic carbocycles. The minimum Gasteiger partial charge on any atom is -0.476 e. The first kappa shape index (κ1) is 14.9. The van der Waals surface area contributed by atoms with Gasteiger partial charge in [-0.25, -0.2) is 18.6 Å². The zero-order valence-corrected chi connectivity index (χ0v) is 10.3. The molecule has 4 nitrogen and oxygen atoms in total. The largest absolute Gasteiger partial charge is 0.573 e. The van der Waals surface area contributed by atoms with Crippen LogP contribution < -0.4 is 4.74 Å². The minimum atomic E-state index is -5.17. The van der Waals surface area contributed by atoms with E-state index in [4.69, 9.17) is 5.11 Å². The fourth-order valence-electron chi connectivity index (χ4n) is 1.04. The number of nitrogens with zero attached hydrogens (tertiary/aromatic N) is 1. The van der Waals surface area contributed by atoms with Crippen molar-refractivity contribution in [2.75, 3.05) is 0 Å². The lowest BCUT2D eigenvalue weighted by molar-refractivity contribution is -0.275. The molecule has 0 atom stereocenters. The normalized spacial score (nSPS) is 11.7. The molecule has 100 valence electrons. The monoisotopic (exact) mass is 383 g/mol. The van der Waals surface area contributed by atoms with Crippen LogP contribution in [-0.2, 0) is 0 Å². The standard InChI is InChI=1S/C8H3F5INO3/c9-6(10)3-2(18-8(11,12)13)1-15-5(4(3)14)7(16)17/h1,6H,(H,16,17). The average Bonchev–Trinajstić information content (AvgIpc) is 2.13. The fraction of sp³-hybridized carbons (Fsp3) is 0.250. The number of ether oxygens (including phenoxy) is 1. The van der Waals surface area contributed by atoms with Crippen molar-refractivity contribution < 1.29 is 36.6 Å². The van der Waals surface area contributed by atoms with Crippen molar-refractivity contribution in [1.29, 1.82) is 0 Å². The molecule has 10 heteroatoms. The van der Waals surface area contributed by atoms with Gasteiger partial charge in [0, 0.05) is 0 Å². The van der Waals surface area contributed by atoms with Crippen LogP contribution >= 0.6 is 22.6 Å². The number of aromatic nitrogens is 1. The molecule has 0 unspecified atom stereocenters. The molecule has 0 bridgehead atoms. The molecule has 1 aromatic rings. The second-order valence-electron chi connectivity index (χ2n) is 2.85. The van der Waals surface area contributed by atoms with Crippen molar-refractivity contribution in [3.8, 4) is 5.75 Å². The number of alkyl halides is 5. The quantitative estimate of drug-likeness (QED) is 0.644. The third-order valence-corrected chi connectivity index (χ3v) is 2.76. The Morgan fingerprint density at radius 1 is 1.44 bits per heavy atom. The zero-order valence-electron chi connectivity index (χ0n) is 8.13. The van der Waals surface area contributed by atoms with Crippen molar-refractivity contribution in [3.63, 3.8) is 0 Å². The lowest BCUT2D eigenvalue weighted by Gasteiger charge is -2.14. The molecule has 1 heterocycles. The molecule has 0 aliphatic rings. The topological polar surface area (TPSA) is 59.4 Å². The number of carboxylic acid groups (broad SMARTS) is 1. The average molecular weight is 383 g/mol. The molecule has 1 rings (SSSR count). The molecule has 0 saturated heterocycles. The minimum absolute atomic E-state index is 0.306. The third-order valence-electron chi connectivity index (χ3n) is 1.67. The molecule has 0 aromatic carbocycles. The van der Waals surface area contributed by atoms with E-state index in [1.54, 1.807) is 0 Å². The summed E-state index contributed by atoms with van der Waals surface area (Å²) in [5.41, 5.74) is -1.92. The molecule has 0 fully saturated rings. The number of hydrogen-bond acceptors (Lipinski definition) is 3. The Morgan fingerprint density at radius 2 is 2.00 bits per heavy atom. The summed E-state index contributed by atoms with van der Waals surface area (Å²) in [4.78, 5) is 13.8. The predicted octanol–water partition coefficient (Wildman–Crippen LogP) is 3.22. The summed E-state index contributed by atoms with van der Waals surface area (Å²) >= 11 is 1.18. The van der Waals surface area contributed by atoms with Gasteiger partial charge in [0.15, 0.2) is 11.4 Å². The van der Waals surface area contributed by atoms with Crippen molar-refractivity contribution in [1.82, 2.24) is 4.98 Å². The van der Waals surface area contributed by atoms with Crippen LogP contribution in [0.15, 0.2) is 6.20 Å². The van der Waals surface area contributed by atoms with E-state index in [1.807, 2.05) is 0 Å². The molecule has 0 aliphatic heterocycles. The Balaban J connectivity index is 3.37. The number of rotatable bonds is 3. The second kappa shape index (κ2) is 5.20. The summed E-state index contributed by atoms with van der Waals surface area (Å²) in [5.74, 6) is -2.84. The molecular formula is C8H3F5INO3. The van der Waals surface area contributed by atoms with Crippen molar-refractivity contribution >= 4 is 28.6 Å². The van der Waals surface area contributed by atoms with E-state index in [-0.39, 0.29) is 0 Å². The van der Waals surface area contributed by atoms with Crippen LogP contribution in [0.3, 0.4) is 0 Å². The van der Waals surface area contributed by atoms with Crippen molar-refractivity contribution in [3.05, 3.63) is 21.0 Å². The van der Waals surface area contributed by atoms with Crippen LogP contribution in [0.2, 0.25) is 0 Å². The van der Waals surface area contributed by atoms with Gasteiger partial charge >= 0.3 is 12.3 Å². The van der Waals surface area contributed by atoms with Gasteiger partial charge in [-0.05, 0) is 22.6 Å². The Bertz CT molecular complexity index is 477. The lowest BCUT2D eigenvalue weighted by atomic mass is 10.2. The SMILES string of the molecule is O=C(O)c1ncc(OC(F)(F)F)c(C(F)F)c1I. The van der Waals surface area contributed by atoms with Gasteiger partial charge in [0.25, 0.3) is 6.43 Å². The van der Waals surface area contributed by atoms with E-state index in [2.05, 4.69) is 9.72 Å². The first-order valence-electron chi connectivity index (χ1n) is 4.09. The van der Waals surface area contributed by atoms with Crippen LogP contribution in [-0.4, -0.2) is 22.4 Å². The molecule has 0 radical (unpaired) electrons. The smallest absolute Gasteiger partial charge is 0.476 e. The number of aromatic carboxylic acids is 1. The highest BCUT2D eigenvalue weighted by Crippen LogP contribution is 2.36. The van der Waals surface area contributed by atoms with Crippen LogP contribution in [0, 0.1) is 3.57 Å². The molecule has 0 amide bonds. The first-order valence-corrected chi connectivity index (χ1v) is 5.17. The zero-order chi connectivity index (χ0) is 14.1. The Hall–Kier alpha value is -1.20. The fourth-order valence-corrected chi connectivity index (χ4v) is 1.91. The van der Waals surface area contributed by atoms with Gasteiger partial charge in [0.2, 0.25) is 0 Å². The summed E-state index contributed by atoms with van der Waals surface area (Å²) < 4.78 is 63.9. The predicted molar refractivity (Wildman–Crippen MR) is 55.6 cm³/mol. The summed E-state index contributed by atoms with van der Waals surface area (Å²) in [7, 11) is 0. The Morgan fingerprint density at radius 3 is 2.39 bits per heavy atom. The van der Waals surface area contributed by atoms with E-state index >= 15 is 0 Å². The Labute approximate surface area is 110 Å². The summed E-state index contributed by atoms with van der Waals surface area (Å²) in [6, 6.07) is 0.